The summed E-state index contributed by atoms with van der Waals surface area (Å²) in [4.78, 5) is 12.5. The Morgan fingerprint density at radius 2 is 2.15 bits per heavy atom. The van der Waals surface area contributed by atoms with Crippen LogP contribution in [-0.2, 0) is 6.61 Å². The van der Waals surface area contributed by atoms with Crippen molar-refractivity contribution >= 4 is 28.8 Å². The summed E-state index contributed by atoms with van der Waals surface area (Å²) >= 11 is 7.43. The molecule has 20 heavy (non-hydrogen) atoms. The number of halogens is 1. The number of hydrogen-bond acceptors (Lipinski definition) is 3. The number of thiophene rings is 1. The minimum atomic E-state index is -0.0472. The second-order valence-electron chi connectivity index (χ2n) is 4.67. The van der Waals surface area contributed by atoms with Crippen LogP contribution in [0.5, 0.6) is 5.75 Å². The van der Waals surface area contributed by atoms with Crippen LogP contribution in [0.25, 0.3) is 0 Å². The second kappa shape index (κ2) is 6.77. The molecule has 5 heteroatoms. The fourth-order valence-electron chi connectivity index (χ4n) is 1.63. The van der Waals surface area contributed by atoms with E-state index in [1.165, 1.54) is 11.3 Å². The SMILES string of the molecule is CC(C)NC(=O)c1cc(COc2ccccc2Cl)cs1. The minimum absolute atomic E-state index is 0.0472. The summed E-state index contributed by atoms with van der Waals surface area (Å²) < 4.78 is 5.64. The normalized spacial score (nSPS) is 10.6. The van der Waals surface area contributed by atoms with Crippen molar-refractivity contribution in [3.8, 4) is 5.75 Å². The van der Waals surface area contributed by atoms with Gasteiger partial charge in [0, 0.05) is 11.6 Å². The monoisotopic (exact) mass is 309 g/mol. The number of rotatable bonds is 5. The van der Waals surface area contributed by atoms with E-state index in [1.807, 2.05) is 43.5 Å². The molecular formula is C15H16ClNO2S. The smallest absolute Gasteiger partial charge is 0.261 e. The molecule has 0 aliphatic carbocycles. The van der Waals surface area contributed by atoms with Gasteiger partial charge in [0.25, 0.3) is 5.91 Å². The van der Waals surface area contributed by atoms with E-state index in [0.717, 1.165) is 5.56 Å². The number of benzene rings is 1. The van der Waals surface area contributed by atoms with Gasteiger partial charge in [-0.3, -0.25) is 4.79 Å². The van der Waals surface area contributed by atoms with Crippen LogP contribution in [-0.4, -0.2) is 11.9 Å². The van der Waals surface area contributed by atoms with E-state index >= 15 is 0 Å². The number of para-hydroxylation sites is 1. The predicted octanol–water partition coefficient (Wildman–Crippen LogP) is 4.12. The van der Waals surface area contributed by atoms with Crippen molar-refractivity contribution in [3.63, 3.8) is 0 Å². The number of nitrogens with one attached hydrogen (secondary N) is 1. The van der Waals surface area contributed by atoms with Gasteiger partial charge in [-0.05, 0) is 37.4 Å². The zero-order valence-corrected chi connectivity index (χ0v) is 12.9. The average Bonchev–Trinajstić information content (AvgIpc) is 2.86. The standard InChI is InChI=1S/C15H16ClNO2S/c1-10(2)17-15(18)14-7-11(9-20-14)8-19-13-6-4-3-5-12(13)16/h3-7,9-10H,8H2,1-2H3,(H,17,18). The molecule has 0 saturated carbocycles. The zero-order chi connectivity index (χ0) is 14.5. The second-order valence-corrected chi connectivity index (χ2v) is 5.98. The van der Waals surface area contributed by atoms with Gasteiger partial charge in [0.05, 0.1) is 9.90 Å². The highest BCUT2D eigenvalue weighted by molar-refractivity contribution is 7.12. The van der Waals surface area contributed by atoms with Crippen LogP contribution < -0.4 is 10.1 Å². The maximum absolute atomic E-state index is 11.8. The van der Waals surface area contributed by atoms with E-state index in [-0.39, 0.29) is 11.9 Å². The summed E-state index contributed by atoms with van der Waals surface area (Å²) in [5.74, 6) is 0.600. The number of amides is 1. The molecular weight excluding hydrogens is 294 g/mol. The number of ether oxygens (including phenoxy) is 1. The molecule has 1 heterocycles. The van der Waals surface area contributed by atoms with Crippen molar-refractivity contribution < 1.29 is 9.53 Å². The molecule has 0 aliphatic rings. The number of carbonyl (C=O) groups excluding carboxylic acids is 1. The lowest BCUT2D eigenvalue weighted by molar-refractivity contribution is 0.0947. The molecule has 106 valence electrons. The molecule has 0 unspecified atom stereocenters. The third-order valence-corrected chi connectivity index (χ3v) is 3.82. The average molecular weight is 310 g/mol. The van der Waals surface area contributed by atoms with E-state index in [0.29, 0.717) is 22.3 Å². The van der Waals surface area contributed by atoms with E-state index in [1.54, 1.807) is 6.07 Å². The molecule has 0 radical (unpaired) electrons. The van der Waals surface area contributed by atoms with Crippen LogP contribution in [0.15, 0.2) is 35.7 Å². The van der Waals surface area contributed by atoms with Crippen molar-refractivity contribution in [1.82, 2.24) is 5.32 Å². The van der Waals surface area contributed by atoms with Crippen LogP contribution in [0.1, 0.15) is 29.1 Å². The van der Waals surface area contributed by atoms with Crippen LogP contribution in [0.3, 0.4) is 0 Å². The first kappa shape index (κ1) is 14.9. The first-order valence-electron chi connectivity index (χ1n) is 6.32. The predicted molar refractivity (Wildman–Crippen MR) is 82.7 cm³/mol. The molecule has 0 bridgehead atoms. The molecule has 2 aromatic rings. The third-order valence-electron chi connectivity index (χ3n) is 2.53. The zero-order valence-electron chi connectivity index (χ0n) is 11.4. The molecule has 1 aromatic carbocycles. The molecule has 3 nitrogen and oxygen atoms in total. The summed E-state index contributed by atoms with van der Waals surface area (Å²) in [5.41, 5.74) is 0.962. The fourth-order valence-corrected chi connectivity index (χ4v) is 2.62. The highest BCUT2D eigenvalue weighted by Crippen LogP contribution is 2.25. The molecule has 0 atom stereocenters. The van der Waals surface area contributed by atoms with Crippen LogP contribution in [0, 0.1) is 0 Å². The maximum atomic E-state index is 11.8. The Morgan fingerprint density at radius 1 is 1.40 bits per heavy atom. The fraction of sp³-hybridized carbons (Fsp3) is 0.267. The van der Waals surface area contributed by atoms with Gasteiger partial charge in [-0.15, -0.1) is 11.3 Å². The lowest BCUT2D eigenvalue weighted by Crippen LogP contribution is -2.29. The van der Waals surface area contributed by atoms with Crippen molar-refractivity contribution in [3.05, 3.63) is 51.2 Å². The van der Waals surface area contributed by atoms with Crippen molar-refractivity contribution in [1.29, 1.82) is 0 Å². The summed E-state index contributed by atoms with van der Waals surface area (Å²) in [7, 11) is 0. The third kappa shape index (κ3) is 3.99. The Balaban J connectivity index is 1.96. The van der Waals surface area contributed by atoms with Gasteiger partial charge < -0.3 is 10.1 Å². The molecule has 1 aromatic heterocycles. The van der Waals surface area contributed by atoms with Crippen LogP contribution in [0.2, 0.25) is 5.02 Å². The highest BCUT2D eigenvalue weighted by atomic mass is 35.5. The van der Waals surface area contributed by atoms with E-state index in [2.05, 4.69) is 5.32 Å². The van der Waals surface area contributed by atoms with Gasteiger partial charge in [0.15, 0.2) is 0 Å². The van der Waals surface area contributed by atoms with Gasteiger partial charge in [-0.25, -0.2) is 0 Å². The molecule has 0 saturated heterocycles. The summed E-state index contributed by atoms with van der Waals surface area (Å²) in [6.07, 6.45) is 0. The number of carbonyl (C=O) groups is 1. The van der Waals surface area contributed by atoms with Gasteiger partial charge in [0.2, 0.25) is 0 Å². The van der Waals surface area contributed by atoms with E-state index < -0.39 is 0 Å². The lowest BCUT2D eigenvalue weighted by Gasteiger charge is -2.06. The Hall–Kier alpha value is -1.52. The Kier molecular flexibility index (Phi) is 5.04. The summed E-state index contributed by atoms with van der Waals surface area (Å²) in [5, 5.41) is 5.37. The maximum Gasteiger partial charge on any atom is 0.261 e. The quantitative estimate of drug-likeness (QED) is 0.902. The van der Waals surface area contributed by atoms with E-state index in [4.69, 9.17) is 16.3 Å². The first-order chi connectivity index (χ1) is 9.56. The van der Waals surface area contributed by atoms with Gasteiger partial charge in [-0.2, -0.15) is 0 Å². The highest BCUT2D eigenvalue weighted by Gasteiger charge is 2.10. The molecule has 1 N–H and O–H groups in total. The largest absolute Gasteiger partial charge is 0.487 e. The van der Waals surface area contributed by atoms with Crippen molar-refractivity contribution in [2.45, 2.75) is 26.5 Å². The number of hydrogen-bond donors (Lipinski definition) is 1. The van der Waals surface area contributed by atoms with Gasteiger partial charge >= 0.3 is 0 Å². The van der Waals surface area contributed by atoms with Gasteiger partial charge in [0.1, 0.15) is 12.4 Å². The van der Waals surface area contributed by atoms with E-state index in [9.17, 15) is 4.79 Å². The van der Waals surface area contributed by atoms with Gasteiger partial charge in [-0.1, -0.05) is 23.7 Å². The summed E-state index contributed by atoms with van der Waals surface area (Å²) in [6, 6.07) is 9.31. The molecule has 0 aliphatic heterocycles. The molecule has 0 spiro atoms. The topological polar surface area (TPSA) is 38.3 Å². The molecule has 2 rings (SSSR count). The molecule has 1 amide bonds. The first-order valence-corrected chi connectivity index (χ1v) is 7.57. The van der Waals surface area contributed by atoms with Crippen LogP contribution in [0.4, 0.5) is 0 Å². The lowest BCUT2D eigenvalue weighted by atomic mass is 10.3. The minimum Gasteiger partial charge on any atom is -0.487 e. The molecule has 0 fully saturated rings. The Morgan fingerprint density at radius 3 is 2.85 bits per heavy atom. The van der Waals surface area contributed by atoms with Crippen LogP contribution >= 0.6 is 22.9 Å². The Bertz CT molecular complexity index is 595. The summed E-state index contributed by atoms with van der Waals surface area (Å²) in [6.45, 7) is 4.27. The van der Waals surface area contributed by atoms with Crippen molar-refractivity contribution in [2.75, 3.05) is 0 Å². The Labute approximate surface area is 127 Å². The van der Waals surface area contributed by atoms with Crippen molar-refractivity contribution in [2.24, 2.45) is 0 Å².